The largest absolute Gasteiger partial charge is 1.00 e. The first kappa shape index (κ1) is 9.45. The second-order valence-electron chi connectivity index (χ2n) is 4.24. The third-order valence-corrected chi connectivity index (χ3v) is 6.69. The van der Waals surface area contributed by atoms with E-state index >= 15 is 0 Å². The van der Waals surface area contributed by atoms with Crippen molar-refractivity contribution < 1.29 is 26.1 Å². The topological polar surface area (TPSA) is 0 Å². The van der Waals surface area contributed by atoms with Gasteiger partial charge < -0.3 is 2.85 Å². The van der Waals surface area contributed by atoms with Crippen LogP contribution in [0.5, 0.6) is 0 Å². The molecule has 1 aliphatic rings. The van der Waals surface area contributed by atoms with Crippen molar-refractivity contribution in [1.29, 1.82) is 0 Å². The smallest absolute Gasteiger partial charge is 1.00 e. The molecule has 0 atom stereocenters. The number of hydrogen-bond acceptors (Lipinski definition) is 0. The molecule has 0 saturated carbocycles. The Labute approximate surface area is 84.3 Å². The molecule has 1 rings (SSSR count). The molecule has 0 aromatic carbocycles. The molecular formula is C10H18Zr. The van der Waals surface area contributed by atoms with Crippen LogP contribution in [-0.2, 0) is 23.2 Å². The maximum Gasteiger partial charge on any atom is -1.00 e. The first-order valence-corrected chi connectivity index (χ1v) is 7.14. The van der Waals surface area contributed by atoms with E-state index in [0.717, 1.165) is 0 Å². The average Bonchev–Trinajstić information content (AvgIpc) is 2.32. The fraction of sp³-hybridized carbons (Fsp3) is 0.600. The van der Waals surface area contributed by atoms with Gasteiger partial charge in [-0.1, -0.05) is 0 Å². The van der Waals surface area contributed by atoms with Crippen LogP contribution in [0.2, 0.25) is 4.13 Å². The maximum absolute atomic E-state index is 2.34. The molecule has 11 heavy (non-hydrogen) atoms. The molecule has 0 fully saturated rings. The third-order valence-electron chi connectivity index (χ3n) is 1.62. The number of allylic oxidation sites excluding steroid dienone is 4. The molecular weight excluding hydrogens is 211 g/mol. The van der Waals surface area contributed by atoms with Crippen molar-refractivity contribution in [1.82, 2.24) is 0 Å². The Bertz CT molecular complexity index is 190. The van der Waals surface area contributed by atoms with Gasteiger partial charge in [0.1, 0.15) is 0 Å². The molecule has 0 N–H and O–H groups in total. The van der Waals surface area contributed by atoms with E-state index in [1.807, 2.05) is 0 Å². The standard InChI is InChI=1S/C5H5.C5H11.Zr.2H/c1-2-4-5-3-1;1-5(2,3)4;;;/h1-3H,4H2;1H2,2-4H3;;;/q;;+2;2*-1. The van der Waals surface area contributed by atoms with E-state index in [1.54, 1.807) is 3.28 Å². The molecule has 0 amide bonds. The Hall–Kier alpha value is 0.363. The van der Waals surface area contributed by atoms with Crippen LogP contribution in [0.4, 0.5) is 0 Å². The molecule has 1 aliphatic carbocycles. The molecule has 0 aromatic heterocycles. The molecule has 0 spiro atoms. The van der Waals surface area contributed by atoms with E-state index in [4.69, 9.17) is 0 Å². The molecule has 0 bridgehead atoms. The Morgan fingerprint density at radius 3 is 2.73 bits per heavy atom. The quantitative estimate of drug-likeness (QED) is 0.679. The maximum atomic E-state index is 2.34. The van der Waals surface area contributed by atoms with Crippen LogP contribution in [0.25, 0.3) is 0 Å². The van der Waals surface area contributed by atoms with E-state index < -0.39 is 0 Å². The molecule has 1 heteroatoms. The first-order valence-electron chi connectivity index (χ1n) is 4.17. The van der Waals surface area contributed by atoms with Crippen molar-refractivity contribution in [2.24, 2.45) is 5.41 Å². The van der Waals surface area contributed by atoms with E-state index in [-0.39, 0.29) is 26.1 Å². The van der Waals surface area contributed by atoms with Crippen LogP contribution in [0.1, 0.15) is 30.0 Å². The molecule has 0 aromatic rings. The Balaban J connectivity index is 0. The minimum absolute atomic E-state index is 0. The summed E-state index contributed by atoms with van der Waals surface area (Å²) < 4.78 is 3.24. The molecule has 62 valence electrons. The second-order valence-corrected chi connectivity index (χ2v) is 7.56. The predicted octanol–water partition coefficient (Wildman–Crippen LogP) is 3.60. The Morgan fingerprint density at radius 2 is 2.27 bits per heavy atom. The zero-order valence-electron chi connectivity index (χ0n) is 9.65. The number of hydrogen-bond donors (Lipinski definition) is 0. The molecule has 0 aliphatic heterocycles. The van der Waals surface area contributed by atoms with Gasteiger partial charge in [-0.15, -0.1) is 0 Å². The molecule has 0 heterocycles. The van der Waals surface area contributed by atoms with Crippen molar-refractivity contribution in [2.45, 2.75) is 31.3 Å². The monoisotopic (exact) mass is 228 g/mol. The van der Waals surface area contributed by atoms with E-state index in [0.29, 0.717) is 5.41 Å². The average molecular weight is 229 g/mol. The van der Waals surface area contributed by atoms with Crippen LogP contribution in [-0.4, -0.2) is 0 Å². The summed E-state index contributed by atoms with van der Waals surface area (Å²) in [5.74, 6) is 0. The van der Waals surface area contributed by atoms with Crippen molar-refractivity contribution in [2.75, 3.05) is 0 Å². The van der Waals surface area contributed by atoms with Gasteiger partial charge >= 0.3 is 81.5 Å². The van der Waals surface area contributed by atoms with Crippen LogP contribution in [0.3, 0.4) is 0 Å². The Kier molecular flexibility index (Phi) is 3.31. The van der Waals surface area contributed by atoms with Gasteiger partial charge in [0.15, 0.2) is 0 Å². The number of rotatable bonds is 2. The van der Waals surface area contributed by atoms with E-state index in [1.165, 1.54) is 10.5 Å². The van der Waals surface area contributed by atoms with Crippen molar-refractivity contribution in [3.05, 3.63) is 21.5 Å². The van der Waals surface area contributed by atoms with Gasteiger partial charge in [0.05, 0.1) is 0 Å². The zero-order valence-corrected chi connectivity index (χ0v) is 10.1. The summed E-state index contributed by atoms with van der Waals surface area (Å²) in [6.07, 6.45) is 8.08. The fourth-order valence-electron chi connectivity index (χ4n) is 0.957. The van der Waals surface area contributed by atoms with Crippen LogP contribution in [0.15, 0.2) is 21.5 Å². The SMILES string of the molecule is CC(C)(C)[CH2][Zr+2][C]1=CC=CC1.[H-].[H-]. The summed E-state index contributed by atoms with van der Waals surface area (Å²) >= 11 is -0.185. The Morgan fingerprint density at radius 1 is 1.55 bits per heavy atom. The van der Waals surface area contributed by atoms with Crippen molar-refractivity contribution >= 4 is 0 Å². The summed E-state index contributed by atoms with van der Waals surface area (Å²) in [5.41, 5.74) is 0.565. The summed E-state index contributed by atoms with van der Waals surface area (Å²) in [4.78, 5) is 0. The van der Waals surface area contributed by atoms with E-state index in [2.05, 4.69) is 39.0 Å². The van der Waals surface area contributed by atoms with Crippen LogP contribution >= 0.6 is 0 Å². The minimum atomic E-state index is -0.185. The van der Waals surface area contributed by atoms with E-state index in [9.17, 15) is 0 Å². The normalized spacial score (nSPS) is 16.5. The minimum Gasteiger partial charge on any atom is -1.00 e. The predicted molar refractivity (Wildman–Crippen MR) is 48.3 cm³/mol. The van der Waals surface area contributed by atoms with Gasteiger partial charge in [-0.3, -0.25) is 0 Å². The summed E-state index contributed by atoms with van der Waals surface area (Å²) in [7, 11) is 0. The zero-order chi connectivity index (χ0) is 8.32. The van der Waals surface area contributed by atoms with Gasteiger partial charge in [-0.25, -0.2) is 0 Å². The molecule has 0 nitrogen and oxygen atoms in total. The van der Waals surface area contributed by atoms with Gasteiger partial charge in [-0.05, 0) is 0 Å². The molecule has 0 radical (unpaired) electrons. The van der Waals surface area contributed by atoms with Gasteiger partial charge in [0, 0.05) is 0 Å². The summed E-state index contributed by atoms with van der Waals surface area (Å²) in [5, 5.41) is 0. The molecule has 0 saturated heterocycles. The third kappa shape index (κ3) is 4.06. The fourth-order valence-corrected chi connectivity index (χ4v) is 3.99. The van der Waals surface area contributed by atoms with Gasteiger partial charge in [0.25, 0.3) is 0 Å². The van der Waals surface area contributed by atoms with Gasteiger partial charge in [-0.2, -0.15) is 0 Å². The van der Waals surface area contributed by atoms with Crippen LogP contribution in [0, 0.1) is 5.41 Å². The first-order chi connectivity index (χ1) is 5.08. The van der Waals surface area contributed by atoms with Gasteiger partial charge in [0.2, 0.25) is 0 Å². The van der Waals surface area contributed by atoms with Crippen molar-refractivity contribution in [3.63, 3.8) is 0 Å². The summed E-state index contributed by atoms with van der Waals surface area (Å²) in [6.45, 7) is 7.03. The molecule has 0 unspecified atom stereocenters. The summed E-state index contributed by atoms with van der Waals surface area (Å²) in [6, 6.07) is 0. The second kappa shape index (κ2) is 3.85. The van der Waals surface area contributed by atoms with Crippen molar-refractivity contribution in [3.8, 4) is 0 Å². The van der Waals surface area contributed by atoms with Crippen LogP contribution < -0.4 is 0 Å².